The van der Waals surface area contributed by atoms with E-state index in [-0.39, 0.29) is 17.1 Å². The standard InChI is InChI=1S/C33H41N3.Fe.N2/c1-20(2)26-14-11-15-27(21(3)4)32(26)34-24(9)30-18-13-19-31(36-30)25(10)35-33-28(22(5)6)16-12-17-29(33)23(7)8;;1-2/h11-19,21-23H,1H2,2-10H3;;. The molecule has 6 heteroatoms. The summed E-state index contributed by atoms with van der Waals surface area (Å²) in [6.45, 7) is 23.6. The van der Waals surface area contributed by atoms with Crippen LogP contribution in [0, 0.1) is 10.8 Å². The number of allylic oxidation sites excluding steroid dienone is 1. The normalized spacial score (nSPS) is 11.7. The molecule has 0 bridgehead atoms. The molecule has 39 heavy (non-hydrogen) atoms. The number of hydrogen-bond acceptors (Lipinski definition) is 5. The van der Waals surface area contributed by atoms with E-state index in [0.717, 1.165) is 45.3 Å². The van der Waals surface area contributed by atoms with Gasteiger partial charge in [-0.3, -0.25) is 9.98 Å². The number of benzene rings is 2. The molecule has 0 N–H and O–H groups in total. The third-order valence-electron chi connectivity index (χ3n) is 6.54. The molecule has 0 aliphatic rings. The van der Waals surface area contributed by atoms with E-state index in [1.54, 1.807) is 0 Å². The average Bonchev–Trinajstić information content (AvgIpc) is 2.89. The Bertz CT molecular complexity index is 1340. The van der Waals surface area contributed by atoms with Crippen molar-refractivity contribution < 1.29 is 17.1 Å². The van der Waals surface area contributed by atoms with Crippen LogP contribution in [-0.4, -0.2) is 16.4 Å². The second-order valence-electron chi connectivity index (χ2n) is 10.6. The Morgan fingerprint density at radius 3 is 1.41 bits per heavy atom. The summed E-state index contributed by atoms with van der Waals surface area (Å²) in [4.78, 5) is 15.2. The van der Waals surface area contributed by atoms with E-state index in [1.165, 1.54) is 16.7 Å². The molecule has 0 unspecified atom stereocenters. The van der Waals surface area contributed by atoms with E-state index in [1.807, 2.05) is 39.0 Å². The largest absolute Gasteiger partial charge is 0.251 e. The summed E-state index contributed by atoms with van der Waals surface area (Å²) < 4.78 is 0. The molecule has 0 spiro atoms. The predicted molar refractivity (Wildman–Crippen MR) is 161 cm³/mol. The van der Waals surface area contributed by atoms with Crippen LogP contribution in [0.25, 0.3) is 5.57 Å². The first-order valence-corrected chi connectivity index (χ1v) is 13.2. The van der Waals surface area contributed by atoms with Gasteiger partial charge in [-0.1, -0.05) is 90.6 Å². The summed E-state index contributed by atoms with van der Waals surface area (Å²) in [5, 5.41) is 12.0. The minimum Gasteiger partial charge on any atom is -0.251 e. The van der Waals surface area contributed by atoms with Gasteiger partial charge in [-0.05, 0) is 72.9 Å². The van der Waals surface area contributed by atoms with E-state index in [2.05, 4.69) is 84.5 Å². The monoisotopic (exact) mass is 563 g/mol. The van der Waals surface area contributed by atoms with Crippen LogP contribution in [0.2, 0.25) is 0 Å². The van der Waals surface area contributed by atoms with Crippen LogP contribution in [0.15, 0.2) is 71.2 Å². The van der Waals surface area contributed by atoms with E-state index < -0.39 is 0 Å². The minimum absolute atomic E-state index is 0. The molecule has 3 rings (SSSR count). The summed E-state index contributed by atoms with van der Waals surface area (Å²) in [6, 6.07) is 19.0. The van der Waals surface area contributed by atoms with E-state index in [4.69, 9.17) is 25.8 Å². The number of para-hydroxylation sites is 2. The summed E-state index contributed by atoms with van der Waals surface area (Å²) in [5.41, 5.74) is 11.4. The van der Waals surface area contributed by atoms with Crippen LogP contribution in [0.5, 0.6) is 0 Å². The smallest absolute Gasteiger partial charge is 0.0849 e. The van der Waals surface area contributed by atoms with Crippen molar-refractivity contribution in [1.82, 2.24) is 4.98 Å². The zero-order valence-corrected chi connectivity index (χ0v) is 25.8. The van der Waals surface area contributed by atoms with Crippen molar-refractivity contribution in [2.75, 3.05) is 0 Å². The van der Waals surface area contributed by atoms with Crippen molar-refractivity contribution in [3.8, 4) is 0 Å². The molecule has 1 heterocycles. The number of rotatable bonds is 8. The molecular weight excluding hydrogens is 522 g/mol. The Balaban J connectivity index is 0.00000248. The zero-order valence-electron chi connectivity index (χ0n) is 24.7. The molecule has 0 aliphatic carbocycles. The maximum absolute atomic E-state index is 6.00. The summed E-state index contributed by atoms with van der Waals surface area (Å²) in [7, 11) is 0. The predicted octanol–water partition coefficient (Wildman–Crippen LogP) is 9.79. The third kappa shape index (κ3) is 8.29. The SMILES string of the molecule is C=C(C)c1cccc(C(C)C)c1N=C(C)c1cccc(C(C)=Nc2c(C(C)C)cccc2C(C)C)n1.N#N.[Fe]. The number of aliphatic imine (C=N–C) groups is 2. The fourth-order valence-corrected chi connectivity index (χ4v) is 4.42. The molecule has 0 aliphatic heterocycles. The van der Waals surface area contributed by atoms with Crippen LogP contribution in [0.4, 0.5) is 11.4 Å². The zero-order chi connectivity index (χ0) is 28.6. The first-order valence-electron chi connectivity index (χ1n) is 13.2. The molecule has 0 atom stereocenters. The van der Waals surface area contributed by atoms with Crippen LogP contribution in [0.1, 0.15) is 114 Å². The summed E-state index contributed by atoms with van der Waals surface area (Å²) in [6.07, 6.45) is 0. The molecule has 1 aromatic heterocycles. The molecule has 5 nitrogen and oxygen atoms in total. The van der Waals surface area contributed by atoms with Gasteiger partial charge >= 0.3 is 0 Å². The van der Waals surface area contributed by atoms with Crippen molar-refractivity contribution in [3.05, 3.63) is 94.8 Å². The molecule has 0 amide bonds. The Hall–Kier alpha value is -3.39. The maximum atomic E-state index is 6.00. The van der Waals surface area contributed by atoms with Crippen LogP contribution in [0.3, 0.4) is 0 Å². The van der Waals surface area contributed by atoms with Gasteiger partial charge in [0, 0.05) is 33.4 Å². The van der Waals surface area contributed by atoms with E-state index in [9.17, 15) is 0 Å². The number of nitrogens with zero attached hydrogens (tertiary/aromatic N) is 5. The van der Waals surface area contributed by atoms with Gasteiger partial charge in [0.25, 0.3) is 0 Å². The van der Waals surface area contributed by atoms with Crippen molar-refractivity contribution in [2.24, 2.45) is 9.98 Å². The minimum atomic E-state index is 0. The molecule has 0 radical (unpaired) electrons. The van der Waals surface area contributed by atoms with Crippen molar-refractivity contribution in [3.63, 3.8) is 0 Å². The van der Waals surface area contributed by atoms with Crippen LogP contribution in [-0.2, 0) is 17.1 Å². The summed E-state index contributed by atoms with van der Waals surface area (Å²) in [5.74, 6) is 1.15. The second kappa shape index (κ2) is 15.3. The van der Waals surface area contributed by atoms with Gasteiger partial charge in [-0.25, -0.2) is 4.98 Å². The fourth-order valence-electron chi connectivity index (χ4n) is 4.42. The van der Waals surface area contributed by atoms with Crippen molar-refractivity contribution in [1.29, 1.82) is 10.8 Å². The molecular formula is C33H41FeN5. The Morgan fingerprint density at radius 2 is 1.00 bits per heavy atom. The molecule has 0 saturated carbocycles. The molecule has 0 saturated heterocycles. The summed E-state index contributed by atoms with van der Waals surface area (Å²) >= 11 is 0. The van der Waals surface area contributed by atoms with Gasteiger partial charge in [-0.2, -0.15) is 0 Å². The van der Waals surface area contributed by atoms with Gasteiger partial charge in [0.2, 0.25) is 0 Å². The maximum Gasteiger partial charge on any atom is 0.0849 e. The van der Waals surface area contributed by atoms with Gasteiger partial charge < -0.3 is 0 Å². The number of aromatic nitrogens is 1. The number of pyridine rings is 1. The molecule has 2 aromatic carbocycles. The van der Waals surface area contributed by atoms with E-state index in [0.29, 0.717) is 17.8 Å². The quantitative estimate of drug-likeness (QED) is 0.155. The van der Waals surface area contributed by atoms with Crippen LogP contribution < -0.4 is 0 Å². The fraction of sp³-hybridized carbons (Fsp3) is 0.364. The Kier molecular flexibility index (Phi) is 13.2. The van der Waals surface area contributed by atoms with E-state index >= 15 is 0 Å². The van der Waals surface area contributed by atoms with Crippen molar-refractivity contribution >= 4 is 28.4 Å². The topological polar surface area (TPSA) is 85.2 Å². The molecule has 3 aromatic rings. The first kappa shape index (κ1) is 33.6. The molecule has 206 valence electrons. The first-order chi connectivity index (χ1) is 18.0. The molecule has 0 fully saturated rings. The van der Waals surface area contributed by atoms with Gasteiger partial charge in [-0.15, -0.1) is 0 Å². The van der Waals surface area contributed by atoms with Crippen molar-refractivity contribution in [2.45, 2.75) is 80.1 Å². The van der Waals surface area contributed by atoms with Gasteiger partial charge in [0.05, 0.1) is 34.2 Å². The van der Waals surface area contributed by atoms with Gasteiger partial charge in [0.15, 0.2) is 0 Å². The Labute approximate surface area is 245 Å². The number of hydrogen-bond donors (Lipinski definition) is 0. The van der Waals surface area contributed by atoms with Gasteiger partial charge in [0.1, 0.15) is 0 Å². The Morgan fingerprint density at radius 1 is 0.641 bits per heavy atom. The third-order valence-corrected chi connectivity index (χ3v) is 6.54. The second-order valence-corrected chi connectivity index (χ2v) is 10.6. The average molecular weight is 564 g/mol. The van der Waals surface area contributed by atoms with Crippen LogP contribution >= 0.6 is 0 Å².